The van der Waals surface area contributed by atoms with E-state index in [1.165, 1.54) is 40.4 Å². The molecule has 2 bridgehead atoms. The van der Waals surface area contributed by atoms with Crippen molar-refractivity contribution < 1.29 is 0 Å². The van der Waals surface area contributed by atoms with Crippen LogP contribution in [-0.4, -0.2) is 19.7 Å². The van der Waals surface area contributed by atoms with Crippen LogP contribution in [-0.2, 0) is 5.41 Å². The van der Waals surface area contributed by atoms with Gasteiger partial charge in [0.1, 0.15) is 11.5 Å². The van der Waals surface area contributed by atoms with Crippen LogP contribution in [0, 0.1) is 5.41 Å². The molecular formula is C22H22N4. The summed E-state index contributed by atoms with van der Waals surface area (Å²) >= 11 is 0. The Balaban J connectivity index is 1.73. The Morgan fingerprint density at radius 3 is 2.77 bits per heavy atom. The zero-order valence-electron chi connectivity index (χ0n) is 15.4. The van der Waals surface area contributed by atoms with E-state index in [1.54, 1.807) is 0 Å². The summed E-state index contributed by atoms with van der Waals surface area (Å²) in [7, 11) is 0. The number of hydrogen-bond acceptors (Lipinski definition) is 2. The minimum atomic E-state index is 0.161. The van der Waals surface area contributed by atoms with Crippen molar-refractivity contribution in [2.24, 2.45) is 5.41 Å². The van der Waals surface area contributed by atoms with Crippen molar-refractivity contribution in [3.63, 3.8) is 0 Å². The molecular weight excluding hydrogens is 320 g/mol. The van der Waals surface area contributed by atoms with Gasteiger partial charge in [-0.1, -0.05) is 39.0 Å². The van der Waals surface area contributed by atoms with Crippen LogP contribution in [0.3, 0.4) is 0 Å². The zero-order valence-corrected chi connectivity index (χ0v) is 15.4. The van der Waals surface area contributed by atoms with E-state index >= 15 is 0 Å². The fourth-order valence-corrected chi connectivity index (χ4v) is 5.71. The molecule has 3 heterocycles. The van der Waals surface area contributed by atoms with E-state index in [9.17, 15) is 0 Å². The summed E-state index contributed by atoms with van der Waals surface area (Å²) in [5.74, 6) is 1.67. The molecule has 1 fully saturated rings. The van der Waals surface area contributed by atoms with Crippen molar-refractivity contribution in [3.05, 3.63) is 53.9 Å². The third-order valence-corrected chi connectivity index (χ3v) is 7.54. The van der Waals surface area contributed by atoms with E-state index < -0.39 is 0 Å². The fourth-order valence-electron chi connectivity index (χ4n) is 5.71. The van der Waals surface area contributed by atoms with Crippen molar-refractivity contribution in [2.45, 2.75) is 44.9 Å². The highest BCUT2D eigenvalue weighted by Gasteiger charge is 2.62. The molecule has 6 rings (SSSR count). The van der Waals surface area contributed by atoms with Gasteiger partial charge in [-0.15, -0.1) is 0 Å². The maximum absolute atomic E-state index is 4.84. The maximum atomic E-state index is 4.84. The first kappa shape index (κ1) is 14.5. The third-order valence-electron chi connectivity index (χ3n) is 7.54. The van der Waals surface area contributed by atoms with Crippen LogP contribution in [0.25, 0.3) is 27.8 Å². The zero-order chi connectivity index (χ0) is 17.7. The summed E-state index contributed by atoms with van der Waals surface area (Å²) in [5.41, 5.74) is 5.30. The highest BCUT2D eigenvalue weighted by atomic mass is 15.2. The molecule has 2 aliphatic rings. The normalized spacial score (nSPS) is 26.0. The van der Waals surface area contributed by atoms with Crippen molar-refractivity contribution >= 4 is 21.9 Å². The van der Waals surface area contributed by atoms with Gasteiger partial charge >= 0.3 is 0 Å². The van der Waals surface area contributed by atoms with E-state index in [4.69, 9.17) is 10.1 Å². The summed E-state index contributed by atoms with van der Waals surface area (Å²) in [5, 5.41) is 10.7. The average molecular weight is 342 g/mol. The second kappa shape index (κ2) is 4.37. The Bertz CT molecular complexity index is 1140. The first-order valence-electron chi connectivity index (χ1n) is 9.47. The lowest BCUT2D eigenvalue weighted by Gasteiger charge is -2.34. The van der Waals surface area contributed by atoms with Crippen molar-refractivity contribution in [1.82, 2.24) is 19.7 Å². The summed E-state index contributed by atoms with van der Waals surface area (Å²) in [4.78, 5) is 4.73. The smallest absolute Gasteiger partial charge is 0.146 e. The van der Waals surface area contributed by atoms with Gasteiger partial charge < -0.3 is 0 Å². The topological polar surface area (TPSA) is 46.5 Å². The number of nitrogens with zero attached hydrogens (tertiary/aromatic N) is 3. The second-order valence-corrected chi connectivity index (χ2v) is 8.71. The molecule has 1 N–H and O–H groups in total. The molecule has 2 aliphatic carbocycles. The van der Waals surface area contributed by atoms with Gasteiger partial charge in [-0.05, 0) is 42.4 Å². The molecule has 0 radical (unpaired) electrons. The minimum absolute atomic E-state index is 0.161. The van der Waals surface area contributed by atoms with Crippen LogP contribution in [0.2, 0.25) is 0 Å². The van der Waals surface area contributed by atoms with Gasteiger partial charge in [0.25, 0.3) is 0 Å². The van der Waals surface area contributed by atoms with Gasteiger partial charge in [0, 0.05) is 27.9 Å². The van der Waals surface area contributed by atoms with Gasteiger partial charge in [0.05, 0.1) is 11.2 Å². The Hall–Kier alpha value is -2.62. The Labute approximate surface area is 152 Å². The van der Waals surface area contributed by atoms with Crippen LogP contribution in [0.15, 0.2) is 42.6 Å². The van der Waals surface area contributed by atoms with Gasteiger partial charge in [0.2, 0.25) is 0 Å². The summed E-state index contributed by atoms with van der Waals surface area (Å²) in [6, 6.07) is 12.8. The molecule has 4 aromatic rings. The molecule has 0 saturated heterocycles. The Morgan fingerprint density at radius 2 is 1.88 bits per heavy atom. The molecule has 0 aliphatic heterocycles. The van der Waals surface area contributed by atoms with Crippen molar-refractivity contribution in [3.8, 4) is 5.82 Å². The lowest BCUT2D eigenvalue weighted by Crippen LogP contribution is -2.32. The van der Waals surface area contributed by atoms with Gasteiger partial charge in [-0.2, -0.15) is 5.10 Å². The number of para-hydroxylation sites is 1. The maximum Gasteiger partial charge on any atom is 0.146 e. The van der Waals surface area contributed by atoms with Gasteiger partial charge in [-0.25, -0.2) is 4.98 Å². The molecule has 0 amide bonds. The molecule has 4 heteroatoms. The van der Waals surface area contributed by atoms with E-state index in [1.807, 2.05) is 12.3 Å². The number of H-pyrrole nitrogens is 1. The predicted octanol–water partition coefficient (Wildman–Crippen LogP) is 5.08. The van der Waals surface area contributed by atoms with Crippen LogP contribution in [0.5, 0.6) is 0 Å². The van der Waals surface area contributed by atoms with Crippen LogP contribution < -0.4 is 0 Å². The number of fused-ring (bicyclic) bond motifs is 8. The SMILES string of the molecule is CC12CCC(c3c1n[nH]c3-n1c3ccccc3c3cccnc31)C2(C)C. The van der Waals surface area contributed by atoms with E-state index in [0.29, 0.717) is 5.92 Å². The third kappa shape index (κ3) is 1.41. The summed E-state index contributed by atoms with van der Waals surface area (Å²) in [6.07, 6.45) is 4.35. The van der Waals surface area contributed by atoms with Crippen LogP contribution in [0.1, 0.15) is 50.8 Å². The van der Waals surface area contributed by atoms with Crippen molar-refractivity contribution in [2.75, 3.05) is 0 Å². The highest BCUT2D eigenvalue weighted by molar-refractivity contribution is 6.07. The number of pyridine rings is 1. The van der Waals surface area contributed by atoms with Crippen molar-refractivity contribution in [1.29, 1.82) is 0 Å². The Kier molecular flexibility index (Phi) is 2.44. The molecule has 3 aromatic heterocycles. The number of hydrogen-bond donors (Lipinski definition) is 1. The lowest BCUT2D eigenvalue weighted by atomic mass is 9.70. The molecule has 2 unspecified atom stereocenters. The monoisotopic (exact) mass is 342 g/mol. The highest BCUT2D eigenvalue weighted by Crippen LogP contribution is 2.68. The summed E-state index contributed by atoms with van der Waals surface area (Å²) < 4.78 is 2.29. The predicted molar refractivity (Wildman–Crippen MR) is 104 cm³/mol. The molecule has 1 saturated carbocycles. The second-order valence-electron chi connectivity index (χ2n) is 8.71. The number of aromatic amines is 1. The van der Waals surface area contributed by atoms with E-state index in [-0.39, 0.29) is 10.8 Å². The number of benzene rings is 1. The van der Waals surface area contributed by atoms with Crippen LogP contribution >= 0.6 is 0 Å². The van der Waals surface area contributed by atoms with Gasteiger partial charge in [-0.3, -0.25) is 9.67 Å². The molecule has 0 spiro atoms. The number of nitrogens with one attached hydrogen (secondary N) is 1. The fraction of sp³-hybridized carbons (Fsp3) is 0.364. The molecule has 4 nitrogen and oxygen atoms in total. The average Bonchev–Trinajstić information content (AvgIpc) is 3.31. The first-order valence-corrected chi connectivity index (χ1v) is 9.47. The number of rotatable bonds is 1. The molecule has 2 atom stereocenters. The van der Waals surface area contributed by atoms with E-state index in [0.717, 1.165) is 11.5 Å². The Morgan fingerprint density at radius 1 is 1.08 bits per heavy atom. The first-order chi connectivity index (χ1) is 12.5. The quantitative estimate of drug-likeness (QED) is 0.524. The molecule has 1 aromatic carbocycles. The lowest BCUT2D eigenvalue weighted by molar-refractivity contribution is 0.225. The largest absolute Gasteiger partial charge is 0.278 e. The van der Waals surface area contributed by atoms with Crippen LogP contribution in [0.4, 0.5) is 0 Å². The molecule has 130 valence electrons. The molecule has 26 heavy (non-hydrogen) atoms. The standard InChI is InChI=1S/C22H22N4/c1-21(2)15-10-11-22(21,3)18-17(15)20(25-24-18)26-16-9-5-4-7-13(16)14-8-6-12-23-19(14)26/h4-9,12,15H,10-11H2,1-3H3,(H,24,25). The number of aromatic nitrogens is 4. The minimum Gasteiger partial charge on any atom is -0.278 e. The summed E-state index contributed by atoms with van der Waals surface area (Å²) in [6.45, 7) is 7.23. The van der Waals surface area contributed by atoms with Gasteiger partial charge in [0.15, 0.2) is 0 Å². The van der Waals surface area contributed by atoms with E-state index in [2.05, 4.69) is 60.8 Å².